The topological polar surface area (TPSA) is 55.8 Å². The Labute approximate surface area is 157 Å². The highest BCUT2D eigenvalue weighted by Crippen LogP contribution is 2.31. The maximum Gasteiger partial charge on any atom is 0.138 e. The SMILES string of the molecule is O=C1C[C@@H](CO)O[C@@H](c2ccc(F)c(Cc3ccc4c(c3)CCCO4)c2)C1. The molecule has 5 heteroatoms. The number of hydrogen-bond acceptors (Lipinski definition) is 4. The molecule has 2 aromatic carbocycles. The average Bonchev–Trinajstić information content (AvgIpc) is 2.69. The molecule has 0 aliphatic carbocycles. The highest BCUT2D eigenvalue weighted by atomic mass is 19.1. The minimum atomic E-state index is -0.481. The Balaban J connectivity index is 1.56. The van der Waals surface area contributed by atoms with Gasteiger partial charge in [0.15, 0.2) is 0 Å². The summed E-state index contributed by atoms with van der Waals surface area (Å²) in [5, 5.41) is 9.32. The number of carbonyl (C=O) groups is 1. The summed E-state index contributed by atoms with van der Waals surface area (Å²) in [6.07, 6.45) is 2.03. The van der Waals surface area contributed by atoms with E-state index < -0.39 is 12.2 Å². The van der Waals surface area contributed by atoms with Crippen LogP contribution in [0.3, 0.4) is 0 Å². The Morgan fingerprint density at radius 2 is 2.04 bits per heavy atom. The normalized spacial score (nSPS) is 22.2. The van der Waals surface area contributed by atoms with Gasteiger partial charge in [-0.15, -0.1) is 0 Å². The second-order valence-corrected chi connectivity index (χ2v) is 7.30. The third kappa shape index (κ3) is 4.04. The highest BCUT2D eigenvalue weighted by Gasteiger charge is 2.29. The molecule has 0 saturated carbocycles. The molecular weight excluding hydrogens is 347 g/mol. The Morgan fingerprint density at radius 1 is 1.15 bits per heavy atom. The predicted molar refractivity (Wildman–Crippen MR) is 98.4 cm³/mol. The summed E-state index contributed by atoms with van der Waals surface area (Å²) < 4.78 is 25.8. The van der Waals surface area contributed by atoms with Gasteiger partial charge in [-0.1, -0.05) is 18.2 Å². The summed E-state index contributed by atoms with van der Waals surface area (Å²) >= 11 is 0. The van der Waals surface area contributed by atoms with E-state index in [9.17, 15) is 14.3 Å². The van der Waals surface area contributed by atoms with Crippen LogP contribution in [0.2, 0.25) is 0 Å². The molecule has 2 aliphatic rings. The fraction of sp³-hybridized carbons (Fsp3) is 0.409. The van der Waals surface area contributed by atoms with E-state index in [0.29, 0.717) is 12.0 Å². The Hall–Kier alpha value is -2.24. The molecule has 1 saturated heterocycles. The van der Waals surface area contributed by atoms with Crippen LogP contribution in [0.15, 0.2) is 36.4 Å². The maximum absolute atomic E-state index is 14.4. The van der Waals surface area contributed by atoms with Crippen molar-refractivity contribution in [3.63, 3.8) is 0 Å². The van der Waals surface area contributed by atoms with Gasteiger partial charge >= 0.3 is 0 Å². The molecule has 1 N–H and O–H groups in total. The molecule has 4 nitrogen and oxygen atoms in total. The summed E-state index contributed by atoms with van der Waals surface area (Å²) in [6.45, 7) is 0.561. The number of ether oxygens (including phenoxy) is 2. The van der Waals surface area contributed by atoms with E-state index in [4.69, 9.17) is 9.47 Å². The largest absolute Gasteiger partial charge is 0.493 e. The van der Waals surface area contributed by atoms with Crippen LogP contribution in [0.1, 0.15) is 47.6 Å². The van der Waals surface area contributed by atoms with E-state index in [2.05, 4.69) is 6.07 Å². The number of fused-ring (bicyclic) bond motifs is 1. The van der Waals surface area contributed by atoms with Gasteiger partial charge in [-0.3, -0.25) is 4.79 Å². The van der Waals surface area contributed by atoms with E-state index in [1.807, 2.05) is 12.1 Å². The lowest BCUT2D eigenvalue weighted by Gasteiger charge is -2.28. The quantitative estimate of drug-likeness (QED) is 0.895. The maximum atomic E-state index is 14.4. The number of aryl methyl sites for hydroxylation is 1. The fourth-order valence-electron chi connectivity index (χ4n) is 3.85. The van der Waals surface area contributed by atoms with Crippen molar-refractivity contribution < 1.29 is 23.8 Å². The van der Waals surface area contributed by atoms with Crippen LogP contribution in [0.25, 0.3) is 0 Å². The Bertz CT molecular complexity index is 848. The predicted octanol–water partition coefficient (Wildman–Crippen LogP) is 3.52. The van der Waals surface area contributed by atoms with Crippen LogP contribution >= 0.6 is 0 Å². The molecule has 2 aliphatic heterocycles. The first-order valence-electron chi connectivity index (χ1n) is 9.43. The lowest BCUT2D eigenvalue weighted by atomic mass is 9.94. The van der Waals surface area contributed by atoms with Crippen molar-refractivity contribution in [1.82, 2.24) is 0 Å². The molecule has 1 fully saturated rings. The first-order chi connectivity index (χ1) is 13.1. The summed E-state index contributed by atoms with van der Waals surface area (Å²) in [6, 6.07) is 10.9. The van der Waals surface area contributed by atoms with E-state index >= 15 is 0 Å². The zero-order chi connectivity index (χ0) is 18.8. The molecule has 142 valence electrons. The average molecular weight is 370 g/mol. The van der Waals surface area contributed by atoms with E-state index in [0.717, 1.165) is 36.3 Å². The number of aliphatic hydroxyl groups excluding tert-OH is 1. The van der Waals surface area contributed by atoms with Crippen LogP contribution < -0.4 is 4.74 Å². The van der Waals surface area contributed by atoms with E-state index in [1.165, 1.54) is 11.6 Å². The lowest BCUT2D eigenvalue weighted by molar-refractivity contribution is -0.139. The van der Waals surface area contributed by atoms with Crippen LogP contribution in [0.4, 0.5) is 4.39 Å². The van der Waals surface area contributed by atoms with Crippen molar-refractivity contribution in [2.45, 2.75) is 44.3 Å². The second-order valence-electron chi connectivity index (χ2n) is 7.30. The van der Waals surface area contributed by atoms with Crippen molar-refractivity contribution >= 4 is 5.78 Å². The number of hydrogen-bond donors (Lipinski definition) is 1. The molecule has 2 aromatic rings. The van der Waals surface area contributed by atoms with Crippen LogP contribution in [-0.4, -0.2) is 30.2 Å². The number of ketones is 1. The van der Waals surface area contributed by atoms with Crippen molar-refractivity contribution in [3.05, 3.63) is 64.5 Å². The van der Waals surface area contributed by atoms with Gasteiger partial charge in [0.05, 0.1) is 25.4 Å². The molecule has 0 spiro atoms. The van der Waals surface area contributed by atoms with Gasteiger partial charge in [0.2, 0.25) is 0 Å². The van der Waals surface area contributed by atoms with Gasteiger partial charge in [0.25, 0.3) is 0 Å². The van der Waals surface area contributed by atoms with Gasteiger partial charge in [-0.25, -0.2) is 4.39 Å². The van der Waals surface area contributed by atoms with Crippen molar-refractivity contribution in [1.29, 1.82) is 0 Å². The lowest BCUT2D eigenvalue weighted by Crippen LogP contribution is -2.31. The molecule has 4 rings (SSSR count). The number of benzene rings is 2. The molecule has 0 aromatic heterocycles. The number of carbonyl (C=O) groups excluding carboxylic acids is 1. The molecule has 27 heavy (non-hydrogen) atoms. The van der Waals surface area contributed by atoms with Crippen LogP contribution in [-0.2, 0) is 22.4 Å². The number of Topliss-reactive ketones (excluding diaryl/α,β-unsaturated/α-hetero) is 1. The number of rotatable bonds is 4. The zero-order valence-electron chi connectivity index (χ0n) is 15.1. The van der Waals surface area contributed by atoms with Gasteiger partial charge in [0, 0.05) is 19.3 Å². The van der Waals surface area contributed by atoms with Crippen LogP contribution in [0, 0.1) is 5.82 Å². The van der Waals surface area contributed by atoms with Gasteiger partial charge in [0.1, 0.15) is 17.3 Å². The molecular formula is C22H23FO4. The summed E-state index contributed by atoms with van der Waals surface area (Å²) in [5.74, 6) is 0.711. The zero-order valence-corrected chi connectivity index (χ0v) is 15.1. The monoisotopic (exact) mass is 370 g/mol. The minimum Gasteiger partial charge on any atom is -0.493 e. The number of aliphatic hydroxyl groups is 1. The van der Waals surface area contributed by atoms with Gasteiger partial charge < -0.3 is 14.6 Å². The molecule has 0 radical (unpaired) electrons. The third-order valence-electron chi connectivity index (χ3n) is 5.24. The van der Waals surface area contributed by atoms with Crippen molar-refractivity contribution in [3.8, 4) is 5.75 Å². The fourth-order valence-corrected chi connectivity index (χ4v) is 3.85. The molecule has 0 unspecified atom stereocenters. The van der Waals surface area contributed by atoms with E-state index in [-0.39, 0.29) is 31.0 Å². The molecule has 2 heterocycles. The highest BCUT2D eigenvalue weighted by molar-refractivity contribution is 5.80. The molecule has 0 amide bonds. The summed E-state index contributed by atoms with van der Waals surface area (Å²) in [4.78, 5) is 11.9. The Kier molecular flexibility index (Phi) is 5.23. The van der Waals surface area contributed by atoms with Gasteiger partial charge in [-0.05, 0) is 53.3 Å². The van der Waals surface area contributed by atoms with Crippen molar-refractivity contribution in [2.75, 3.05) is 13.2 Å². The van der Waals surface area contributed by atoms with Crippen molar-refractivity contribution in [2.24, 2.45) is 0 Å². The molecule has 0 bridgehead atoms. The first kappa shape index (κ1) is 18.1. The summed E-state index contributed by atoms with van der Waals surface area (Å²) in [7, 11) is 0. The number of halogens is 1. The van der Waals surface area contributed by atoms with E-state index in [1.54, 1.807) is 12.1 Å². The van der Waals surface area contributed by atoms with Gasteiger partial charge in [-0.2, -0.15) is 0 Å². The Morgan fingerprint density at radius 3 is 2.89 bits per heavy atom. The third-order valence-corrected chi connectivity index (χ3v) is 5.24. The smallest absolute Gasteiger partial charge is 0.138 e. The minimum absolute atomic E-state index is 0.0610. The first-order valence-corrected chi connectivity index (χ1v) is 9.43. The van der Waals surface area contributed by atoms with Crippen LogP contribution in [0.5, 0.6) is 5.75 Å². The molecule has 2 atom stereocenters. The summed E-state index contributed by atoms with van der Waals surface area (Å²) in [5.41, 5.74) is 3.55. The standard InChI is InChI=1S/C22H23FO4/c23-20-5-4-16(22-12-18(25)11-19(13-24)27-22)10-17(20)9-14-3-6-21-15(8-14)2-1-7-26-21/h3-6,8,10,19,22,24H,1-2,7,9,11-13H2/t19-,22+/m0/s1. The second kappa shape index (κ2) is 7.79.